The third-order valence-corrected chi connectivity index (χ3v) is 5.10. The molecule has 0 aromatic heterocycles. The summed E-state index contributed by atoms with van der Waals surface area (Å²) in [6.07, 6.45) is -0.0897. The number of rotatable bonds is 6. The molecular weight excluding hydrogens is 350 g/mol. The van der Waals surface area contributed by atoms with Crippen molar-refractivity contribution in [2.24, 2.45) is 5.92 Å². The SMILES string of the molecule is COc1ccc(N2C(=O)N[C@@H](CC(=O)NCC3C(C)NNC3C)C2=O)cc1. The number of anilines is 1. The van der Waals surface area contributed by atoms with Gasteiger partial charge in [-0.15, -0.1) is 0 Å². The van der Waals surface area contributed by atoms with E-state index in [2.05, 4.69) is 21.5 Å². The lowest BCUT2D eigenvalue weighted by molar-refractivity contribution is -0.125. The Morgan fingerprint density at radius 3 is 2.37 bits per heavy atom. The number of hydrogen-bond acceptors (Lipinski definition) is 6. The summed E-state index contributed by atoms with van der Waals surface area (Å²) in [5, 5.41) is 5.44. The van der Waals surface area contributed by atoms with E-state index < -0.39 is 18.0 Å². The molecule has 9 heteroatoms. The van der Waals surface area contributed by atoms with Gasteiger partial charge in [-0.25, -0.2) is 9.69 Å². The van der Waals surface area contributed by atoms with Crippen molar-refractivity contribution in [1.29, 1.82) is 0 Å². The molecule has 146 valence electrons. The van der Waals surface area contributed by atoms with Crippen molar-refractivity contribution in [3.8, 4) is 5.75 Å². The van der Waals surface area contributed by atoms with Gasteiger partial charge in [-0.2, -0.15) is 0 Å². The number of imide groups is 1. The highest BCUT2D eigenvalue weighted by molar-refractivity contribution is 6.22. The van der Waals surface area contributed by atoms with Crippen molar-refractivity contribution < 1.29 is 19.1 Å². The monoisotopic (exact) mass is 375 g/mol. The van der Waals surface area contributed by atoms with Gasteiger partial charge in [0.25, 0.3) is 5.91 Å². The Balaban J connectivity index is 1.57. The maximum absolute atomic E-state index is 12.6. The van der Waals surface area contributed by atoms with Crippen LogP contribution in [0.4, 0.5) is 10.5 Å². The van der Waals surface area contributed by atoms with Crippen molar-refractivity contribution >= 4 is 23.5 Å². The average molecular weight is 375 g/mol. The van der Waals surface area contributed by atoms with Gasteiger partial charge < -0.3 is 15.4 Å². The number of hydrazine groups is 1. The minimum absolute atomic E-state index is 0.0897. The maximum Gasteiger partial charge on any atom is 0.329 e. The third kappa shape index (κ3) is 4.04. The molecule has 2 saturated heterocycles. The van der Waals surface area contributed by atoms with Crippen LogP contribution in [0.15, 0.2) is 24.3 Å². The van der Waals surface area contributed by atoms with Crippen LogP contribution in [-0.2, 0) is 9.59 Å². The summed E-state index contributed by atoms with van der Waals surface area (Å²) in [4.78, 5) is 38.1. The molecule has 1 aromatic rings. The average Bonchev–Trinajstić information content (AvgIpc) is 3.11. The van der Waals surface area contributed by atoms with Crippen molar-refractivity contribution in [2.75, 3.05) is 18.6 Å². The van der Waals surface area contributed by atoms with E-state index in [1.54, 1.807) is 24.3 Å². The van der Waals surface area contributed by atoms with E-state index in [0.29, 0.717) is 18.0 Å². The lowest BCUT2D eigenvalue weighted by Crippen LogP contribution is -2.41. The molecule has 2 heterocycles. The maximum atomic E-state index is 12.6. The summed E-state index contributed by atoms with van der Waals surface area (Å²) in [6.45, 7) is 4.58. The van der Waals surface area contributed by atoms with Crippen LogP contribution in [0.2, 0.25) is 0 Å². The summed E-state index contributed by atoms with van der Waals surface area (Å²) in [6, 6.07) is 5.66. The van der Waals surface area contributed by atoms with Gasteiger partial charge in [-0.1, -0.05) is 0 Å². The summed E-state index contributed by atoms with van der Waals surface area (Å²) in [7, 11) is 1.54. The number of amides is 4. The second-order valence-electron chi connectivity index (χ2n) is 6.91. The molecule has 2 aliphatic rings. The quantitative estimate of drug-likeness (QED) is 0.526. The summed E-state index contributed by atoms with van der Waals surface area (Å²) in [5.41, 5.74) is 6.70. The largest absolute Gasteiger partial charge is 0.497 e. The highest BCUT2D eigenvalue weighted by Gasteiger charge is 2.40. The summed E-state index contributed by atoms with van der Waals surface area (Å²) < 4.78 is 5.08. The lowest BCUT2D eigenvalue weighted by atomic mass is 9.96. The van der Waals surface area contributed by atoms with Crippen molar-refractivity contribution in [2.45, 2.75) is 38.4 Å². The Labute approximate surface area is 157 Å². The molecule has 4 amide bonds. The Morgan fingerprint density at radius 2 is 1.78 bits per heavy atom. The van der Waals surface area contributed by atoms with E-state index in [-0.39, 0.29) is 30.3 Å². The molecule has 2 unspecified atom stereocenters. The van der Waals surface area contributed by atoms with E-state index >= 15 is 0 Å². The number of benzene rings is 1. The molecule has 9 nitrogen and oxygen atoms in total. The summed E-state index contributed by atoms with van der Waals surface area (Å²) >= 11 is 0. The van der Waals surface area contributed by atoms with Crippen LogP contribution in [-0.4, -0.2) is 49.6 Å². The van der Waals surface area contributed by atoms with Gasteiger partial charge >= 0.3 is 6.03 Å². The second-order valence-corrected chi connectivity index (χ2v) is 6.91. The van der Waals surface area contributed by atoms with Crippen molar-refractivity contribution in [3.63, 3.8) is 0 Å². The predicted octanol–water partition coefficient (Wildman–Crippen LogP) is 0.127. The molecule has 0 saturated carbocycles. The molecule has 0 aliphatic carbocycles. The minimum Gasteiger partial charge on any atom is -0.497 e. The van der Waals surface area contributed by atoms with E-state index in [1.807, 2.05) is 13.8 Å². The normalized spacial score (nSPS) is 27.6. The molecule has 0 bridgehead atoms. The molecule has 2 aliphatic heterocycles. The van der Waals surface area contributed by atoms with Crippen LogP contribution >= 0.6 is 0 Å². The zero-order chi connectivity index (χ0) is 19.6. The predicted molar refractivity (Wildman–Crippen MR) is 99.1 cm³/mol. The Hall–Kier alpha value is -2.65. The van der Waals surface area contributed by atoms with Crippen LogP contribution in [0.25, 0.3) is 0 Å². The Bertz CT molecular complexity index is 713. The Morgan fingerprint density at radius 1 is 1.15 bits per heavy atom. The molecule has 3 atom stereocenters. The number of urea groups is 1. The fourth-order valence-corrected chi connectivity index (χ4v) is 3.40. The Kier molecular flexibility index (Phi) is 5.62. The molecule has 3 rings (SSSR count). The van der Waals surface area contributed by atoms with Crippen LogP contribution < -0.4 is 31.1 Å². The van der Waals surface area contributed by atoms with Gasteiger partial charge in [0.15, 0.2) is 0 Å². The van der Waals surface area contributed by atoms with Crippen LogP contribution in [0, 0.1) is 5.92 Å². The van der Waals surface area contributed by atoms with Crippen molar-refractivity contribution in [1.82, 2.24) is 21.5 Å². The van der Waals surface area contributed by atoms with Crippen LogP contribution in [0.1, 0.15) is 20.3 Å². The first kappa shape index (κ1) is 19.1. The fourth-order valence-electron chi connectivity index (χ4n) is 3.40. The first-order chi connectivity index (χ1) is 12.9. The molecule has 1 aromatic carbocycles. The first-order valence-electron chi connectivity index (χ1n) is 8.97. The third-order valence-electron chi connectivity index (χ3n) is 5.10. The molecule has 27 heavy (non-hydrogen) atoms. The van der Waals surface area contributed by atoms with Gasteiger partial charge in [0.05, 0.1) is 19.2 Å². The highest BCUT2D eigenvalue weighted by atomic mass is 16.5. The molecule has 0 spiro atoms. The lowest BCUT2D eigenvalue weighted by Gasteiger charge is -2.19. The standard InChI is InChI=1S/C18H25N5O4/c1-10-14(11(2)22-21-10)9-19-16(24)8-15-17(25)23(18(26)20-15)12-4-6-13(27-3)7-5-12/h4-7,10-11,14-15,21-22H,8-9H2,1-3H3,(H,19,24)(H,20,26)/t10?,11?,14?,15-/m0/s1. The van der Waals surface area contributed by atoms with Gasteiger partial charge in [-0.3, -0.25) is 20.4 Å². The summed E-state index contributed by atoms with van der Waals surface area (Å²) in [5.74, 6) is 0.169. The highest BCUT2D eigenvalue weighted by Crippen LogP contribution is 2.23. The van der Waals surface area contributed by atoms with Gasteiger partial charge in [0, 0.05) is 24.5 Å². The van der Waals surface area contributed by atoms with E-state index in [1.165, 1.54) is 7.11 Å². The smallest absolute Gasteiger partial charge is 0.329 e. The molecule has 0 radical (unpaired) electrons. The number of methoxy groups -OCH3 is 1. The molecular formula is C18H25N5O4. The van der Waals surface area contributed by atoms with Crippen LogP contribution in [0.3, 0.4) is 0 Å². The number of carbonyl (C=O) groups is 3. The zero-order valence-corrected chi connectivity index (χ0v) is 15.6. The number of hydrogen-bond donors (Lipinski definition) is 4. The molecule has 4 N–H and O–H groups in total. The van der Waals surface area contributed by atoms with Gasteiger partial charge in [-0.05, 0) is 38.1 Å². The number of carbonyl (C=O) groups excluding carboxylic acids is 3. The number of nitrogens with zero attached hydrogens (tertiary/aromatic N) is 1. The van der Waals surface area contributed by atoms with Gasteiger partial charge in [0.2, 0.25) is 5.91 Å². The van der Waals surface area contributed by atoms with Gasteiger partial charge in [0.1, 0.15) is 11.8 Å². The van der Waals surface area contributed by atoms with E-state index in [4.69, 9.17) is 4.74 Å². The van der Waals surface area contributed by atoms with E-state index in [9.17, 15) is 14.4 Å². The van der Waals surface area contributed by atoms with Crippen molar-refractivity contribution in [3.05, 3.63) is 24.3 Å². The number of nitrogens with one attached hydrogen (secondary N) is 4. The van der Waals surface area contributed by atoms with E-state index in [0.717, 1.165) is 4.90 Å². The second kappa shape index (κ2) is 7.93. The first-order valence-corrected chi connectivity index (χ1v) is 8.97. The topological polar surface area (TPSA) is 112 Å². The zero-order valence-electron chi connectivity index (χ0n) is 15.6. The van der Waals surface area contributed by atoms with Crippen LogP contribution in [0.5, 0.6) is 5.75 Å². The number of ether oxygens (including phenoxy) is 1. The molecule has 2 fully saturated rings. The fraction of sp³-hybridized carbons (Fsp3) is 0.500. The minimum atomic E-state index is -0.866.